The van der Waals surface area contributed by atoms with Crippen molar-refractivity contribution in [1.29, 1.82) is 0 Å². The van der Waals surface area contributed by atoms with E-state index in [1.807, 2.05) is 0 Å². The molecule has 0 aliphatic heterocycles. The Labute approximate surface area is 219 Å². The van der Waals surface area contributed by atoms with Crippen LogP contribution in [0.5, 0.6) is 0 Å². The molecule has 7 heteroatoms. The van der Waals surface area contributed by atoms with Gasteiger partial charge in [-0.05, 0) is 104 Å². The molecule has 4 aliphatic rings. The van der Waals surface area contributed by atoms with E-state index >= 15 is 0 Å². The van der Waals surface area contributed by atoms with Crippen LogP contribution in [0.1, 0.15) is 112 Å². The van der Waals surface area contributed by atoms with E-state index in [1.165, 1.54) is 58.3 Å². The molecule has 10 atom stereocenters. The summed E-state index contributed by atoms with van der Waals surface area (Å²) >= 11 is 0. The van der Waals surface area contributed by atoms with Gasteiger partial charge in [-0.3, -0.25) is 9.35 Å². The first-order chi connectivity index (χ1) is 16.7. The lowest BCUT2D eigenvalue weighted by Crippen LogP contribution is -2.57. The maximum atomic E-state index is 11.7. The summed E-state index contributed by atoms with van der Waals surface area (Å²) in [5.41, 5.74) is 0.331. The van der Waals surface area contributed by atoms with Gasteiger partial charge < -0.3 is 4.74 Å². The van der Waals surface area contributed by atoms with E-state index < -0.39 is 28.6 Å². The summed E-state index contributed by atoms with van der Waals surface area (Å²) in [6.45, 7) is 13.4. The standard InChI is InChI=1S/C29H50O6S/c1-18(2)8-7-9-19(3)23-12-13-24-22-11-10-21-16-26(34-20(4)30)27(35-36(31,32)33)17-29(21,6)25(22)14-15-28(23,24)5/h18-19,21-27H,7-17H2,1-6H3,(H,31,32,33)/t19-,21+,22?,23-,24?,25?,26+,27+,28-,29+/m1/s1. The third kappa shape index (κ3) is 5.54. The van der Waals surface area contributed by atoms with Crippen molar-refractivity contribution in [3.63, 3.8) is 0 Å². The number of esters is 1. The lowest BCUT2D eigenvalue weighted by molar-refractivity contribution is -0.178. The van der Waals surface area contributed by atoms with Crippen molar-refractivity contribution in [2.75, 3.05) is 0 Å². The third-order valence-electron chi connectivity index (χ3n) is 11.4. The first kappa shape index (κ1) is 28.4. The topological polar surface area (TPSA) is 89.9 Å². The van der Waals surface area contributed by atoms with Gasteiger partial charge in [-0.2, -0.15) is 8.42 Å². The largest absolute Gasteiger partial charge is 0.460 e. The second kappa shape index (κ2) is 10.5. The Morgan fingerprint density at radius 1 is 0.972 bits per heavy atom. The summed E-state index contributed by atoms with van der Waals surface area (Å²) in [5.74, 6) is 4.21. The summed E-state index contributed by atoms with van der Waals surface area (Å²) in [6.07, 6.45) is 11.1. The van der Waals surface area contributed by atoms with Gasteiger partial charge in [0.25, 0.3) is 0 Å². The minimum atomic E-state index is -4.63. The van der Waals surface area contributed by atoms with Crippen LogP contribution < -0.4 is 0 Å². The summed E-state index contributed by atoms with van der Waals surface area (Å²) < 4.78 is 43.5. The molecule has 208 valence electrons. The lowest BCUT2D eigenvalue weighted by Gasteiger charge is -2.62. The van der Waals surface area contributed by atoms with Gasteiger partial charge in [0.1, 0.15) is 12.2 Å². The van der Waals surface area contributed by atoms with Crippen molar-refractivity contribution in [1.82, 2.24) is 0 Å². The van der Waals surface area contributed by atoms with Crippen LogP contribution in [0.4, 0.5) is 0 Å². The maximum absolute atomic E-state index is 11.7. The molecule has 0 saturated heterocycles. The molecule has 36 heavy (non-hydrogen) atoms. The van der Waals surface area contributed by atoms with Gasteiger partial charge in [0, 0.05) is 6.92 Å². The molecule has 4 aliphatic carbocycles. The Balaban J connectivity index is 1.51. The Bertz CT molecular complexity index is 901. The number of carbonyl (C=O) groups is 1. The summed E-state index contributed by atoms with van der Waals surface area (Å²) in [5, 5.41) is 0. The smallest absolute Gasteiger partial charge is 0.397 e. The fourth-order valence-electron chi connectivity index (χ4n) is 9.85. The minimum Gasteiger partial charge on any atom is -0.460 e. The van der Waals surface area contributed by atoms with Gasteiger partial charge in [0.2, 0.25) is 0 Å². The van der Waals surface area contributed by atoms with Crippen molar-refractivity contribution < 1.29 is 26.7 Å². The van der Waals surface area contributed by atoms with E-state index in [-0.39, 0.29) is 5.41 Å². The quantitative estimate of drug-likeness (QED) is 0.275. The molecule has 0 amide bonds. The molecule has 0 bridgehead atoms. The number of fused-ring (bicyclic) bond motifs is 5. The molecule has 4 rings (SSSR count). The minimum absolute atomic E-state index is 0.0722. The van der Waals surface area contributed by atoms with Crippen LogP contribution in [0.3, 0.4) is 0 Å². The molecular weight excluding hydrogens is 476 g/mol. The second-order valence-corrected chi connectivity index (χ2v) is 14.9. The molecular formula is C29H50O6S. The van der Waals surface area contributed by atoms with Gasteiger partial charge in [-0.25, -0.2) is 4.18 Å². The molecule has 0 radical (unpaired) electrons. The lowest BCUT2D eigenvalue weighted by atomic mass is 9.44. The average molecular weight is 527 g/mol. The molecule has 1 N–H and O–H groups in total. The normalized spacial score (nSPS) is 43.4. The fraction of sp³-hybridized carbons (Fsp3) is 0.966. The van der Waals surface area contributed by atoms with Gasteiger partial charge in [0.15, 0.2) is 0 Å². The highest BCUT2D eigenvalue weighted by Crippen LogP contribution is 2.68. The highest BCUT2D eigenvalue weighted by atomic mass is 32.3. The van der Waals surface area contributed by atoms with E-state index in [1.54, 1.807) is 0 Å². The molecule has 3 unspecified atom stereocenters. The monoisotopic (exact) mass is 526 g/mol. The number of hydrogen-bond donors (Lipinski definition) is 1. The first-order valence-electron chi connectivity index (χ1n) is 14.6. The average Bonchev–Trinajstić information content (AvgIpc) is 3.10. The van der Waals surface area contributed by atoms with E-state index in [0.29, 0.717) is 36.0 Å². The molecule has 0 aromatic heterocycles. The summed E-state index contributed by atoms with van der Waals surface area (Å²) in [4.78, 5) is 11.7. The Morgan fingerprint density at radius 2 is 1.67 bits per heavy atom. The van der Waals surface area contributed by atoms with Crippen molar-refractivity contribution in [3.05, 3.63) is 0 Å². The highest BCUT2D eigenvalue weighted by Gasteiger charge is 2.62. The maximum Gasteiger partial charge on any atom is 0.397 e. The zero-order chi connectivity index (χ0) is 26.5. The number of hydrogen-bond acceptors (Lipinski definition) is 5. The van der Waals surface area contributed by atoms with Crippen molar-refractivity contribution in [2.45, 2.75) is 124 Å². The van der Waals surface area contributed by atoms with Gasteiger partial charge in [0.05, 0.1) is 0 Å². The van der Waals surface area contributed by atoms with Crippen molar-refractivity contribution in [3.8, 4) is 0 Å². The Hall–Kier alpha value is -0.660. The molecule has 6 nitrogen and oxygen atoms in total. The van der Waals surface area contributed by atoms with Crippen LogP contribution in [0.2, 0.25) is 0 Å². The zero-order valence-electron chi connectivity index (χ0n) is 23.4. The van der Waals surface area contributed by atoms with Crippen LogP contribution in [0, 0.1) is 52.3 Å². The van der Waals surface area contributed by atoms with Crippen LogP contribution in [-0.2, 0) is 24.1 Å². The number of carbonyl (C=O) groups excluding carboxylic acids is 1. The van der Waals surface area contributed by atoms with Crippen LogP contribution >= 0.6 is 0 Å². The summed E-state index contributed by atoms with van der Waals surface area (Å²) in [6, 6.07) is 0. The van der Waals surface area contributed by atoms with E-state index in [4.69, 9.17) is 8.92 Å². The van der Waals surface area contributed by atoms with Crippen LogP contribution in [0.15, 0.2) is 0 Å². The van der Waals surface area contributed by atoms with Crippen LogP contribution in [0.25, 0.3) is 0 Å². The predicted molar refractivity (Wildman–Crippen MR) is 140 cm³/mol. The van der Waals surface area contributed by atoms with Gasteiger partial charge >= 0.3 is 16.4 Å². The second-order valence-electron chi connectivity index (χ2n) is 13.8. The third-order valence-corrected chi connectivity index (χ3v) is 11.9. The van der Waals surface area contributed by atoms with E-state index in [9.17, 15) is 17.8 Å². The molecule has 4 saturated carbocycles. The fourth-order valence-corrected chi connectivity index (χ4v) is 10.4. The van der Waals surface area contributed by atoms with Crippen molar-refractivity contribution >= 4 is 16.4 Å². The van der Waals surface area contributed by atoms with Gasteiger partial charge in [-0.1, -0.05) is 53.9 Å². The number of rotatable bonds is 8. The Kier molecular flexibility index (Phi) is 8.26. The summed E-state index contributed by atoms with van der Waals surface area (Å²) in [7, 11) is -4.63. The molecule has 0 aromatic rings. The van der Waals surface area contributed by atoms with E-state index in [2.05, 4.69) is 34.6 Å². The Morgan fingerprint density at radius 3 is 2.31 bits per heavy atom. The van der Waals surface area contributed by atoms with E-state index in [0.717, 1.165) is 30.1 Å². The number of ether oxygens (including phenoxy) is 1. The first-order valence-corrected chi connectivity index (χ1v) is 15.9. The SMILES string of the molecule is CC(=O)O[C@H]1C[C@@H]2CCC3C4CC[C@H]([C@H](C)CCCC(C)C)[C@@]4(C)CCC3[C@@]2(C)C[C@@H]1OS(=O)(=O)O. The van der Waals surface area contributed by atoms with Crippen molar-refractivity contribution in [2.24, 2.45) is 52.3 Å². The molecule has 0 spiro atoms. The zero-order valence-corrected chi connectivity index (χ0v) is 24.2. The van der Waals surface area contributed by atoms with Gasteiger partial charge in [-0.15, -0.1) is 0 Å². The predicted octanol–water partition coefficient (Wildman–Crippen LogP) is 6.84. The van der Waals surface area contributed by atoms with Crippen LogP contribution in [-0.4, -0.2) is 31.1 Å². The molecule has 0 aromatic carbocycles. The molecule has 4 fully saturated rings. The highest BCUT2D eigenvalue weighted by molar-refractivity contribution is 7.80. The molecule has 0 heterocycles.